The van der Waals surface area contributed by atoms with Gasteiger partial charge in [-0.25, -0.2) is 0 Å². The number of esters is 3. The highest BCUT2D eigenvalue weighted by Crippen LogP contribution is 2.10. The summed E-state index contributed by atoms with van der Waals surface area (Å²) in [5.41, 5.74) is 0. The molecule has 6 nitrogen and oxygen atoms in total. The third-order valence-electron chi connectivity index (χ3n) is 2.46. The van der Waals surface area contributed by atoms with E-state index >= 15 is 0 Å². The van der Waals surface area contributed by atoms with E-state index in [9.17, 15) is 14.4 Å². The molecule has 0 aromatic rings. The molecule has 0 saturated carbocycles. The van der Waals surface area contributed by atoms with E-state index < -0.39 is 30.3 Å². The molecule has 0 fully saturated rings. The Kier molecular flexibility index (Phi) is 9.92. The fourth-order valence-corrected chi connectivity index (χ4v) is 1.65. The highest BCUT2D eigenvalue weighted by Gasteiger charge is 2.14. The van der Waals surface area contributed by atoms with Crippen molar-refractivity contribution in [1.29, 1.82) is 0 Å². The minimum absolute atomic E-state index is 0.391. The Hall–Kier alpha value is -1.85. The highest BCUT2D eigenvalue weighted by atomic mass is 16.7. The van der Waals surface area contributed by atoms with Crippen LogP contribution in [0.4, 0.5) is 0 Å². The largest absolute Gasteiger partial charge is 0.458 e. The number of rotatable bonds is 9. The maximum absolute atomic E-state index is 11.1. The number of carbonyl (C=O) groups is 3. The zero-order chi connectivity index (χ0) is 16.3. The van der Waals surface area contributed by atoms with Crippen molar-refractivity contribution in [1.82, 2.24) is 0 Å². The van der Waals surface area contributed by atoms with Crippen molar-refractivity contribution in [3.63, 3.8) is 0 Å². The molecule has 0 aromatic carbocycles. The summed E-state index contributed by atoms with van der Waals surface area (Å²) in [5, 5.41) is 0. The predicted octanol–water partition coefficient (Wildman–Crippen LogP) is 2.51. The first-order valence-electron chi connectivity index (χ1n) is 7.05. The van der Waals surface area contributed by atoms with E-state index in [1.54, 1.807) is 6.08 Å². The van der Waals surface area contributed by atoms with Gasteiger partial charge in [0, 0.05) is 20.8 Å². The van der Waals surface area contributed by atoms with E-state index in [1.165, 1.54) is 26.8 Å². The summed E-state index contributed by atoms with van der Waals surface area (Å²) in [6.45, 7) is 5.84. The zero-order valence-electron chi connectivity index (χ0n) is 13.1. The smallest absolute Gasteiger partial charge is 0.305 e. The van der Waals surface area contributed by atoms with Crippen LogP contribution in [0.15, 0.2) is 12.2 Å². The molecular formula is C15H24O6. The van der Waals surface area contributed by atoms with Crippen LogP contribution < -0.4 is 0 Å². The molecule has 0 aliphatic heterocycles. The second-order valence-electron chi connectivity index (χ2n) is 4.62. The molecule has 0 amide bonds. The fraction of sp³-hybridized carbons (Fsp3) is 0.667. The summed E-state index contributed by atoms with van der Waals surface area (Å²) >= 11 is 0. The third-order valence-corrected chi connectivity index (χ3v) is 2.46. The van der Waals surface area contributed by atoms with Crippen LogP contribution in [0.2, 0.25) is 0 Å². The number of hydrogen-bond donors (Lipinski definition) is 0. The van der Waals surface area contributed by atoms with E-state index in [1.807, 2.05) is 0 Å². The molecule has 6 heteroatoms. The van der Waals surface area contributed by atoms with Gasteiger partial charge in [-0.3, -0.25) is 14.4 Å². The molecule has 0 saturated heterocycles. The molecular weight excluding hydrogens is 276 g/mol. The van der Waals surface area contributed by atoms with Crippen LogP contribution in [0, 0.1) is 0 Å². The van der Waals surface area contributed by atoms with E-state index in [0.29, 0.717) is 6.42 Å². The van der Waals surface area contributed by atoms with Crippen LogP contribution in [-0.2, 0) is 28.6 Å². The lowest BCUT2D eigenvalue weighted by Gasteiger charge is -2.16. The van der Waals surface area contributed by atoms with Crippen LogP contribution in [0.25, 0.3) is 0 Å². The molecule has 0 N–H and O–H groups in total. The van der Waals surface area contributed by atoms with Crippen LogP contribution in [0.1, 0.15) is 53.4 Å². The molecule has 0 bridgehead atoms. The van der Waals surface area contributed by atoms with Gasteiger partial charge in [-0.05, 0) is 25.0 Å². The van der Waals surface area contributed by atoms with Gasteiger partial charge in [0.2, 0.25) is 0 Å². The summed E-state index contributed by atoms with van der Waals surface area (Å²) in [6, 6.07) is 0. The molecule has 21 heavy (non-hydrogen) atoms. The van der Waals surface area contributed by atoms with Gasteiger partial charge >= 0.3 is 17.9 Å². The molecule has 0 aliphatic carbocycles. The van der Waals surface area contributed by atoms with Crippen molar-refractivity contribution < 1.29 is 28.6 Å². The Morgan fingerprint density at radius 3 is 1.81 bits per heavy atom. The SMILES string of the molecule is CCCCCC(/C=C/C(OC(C)=O)OC(C)=O)OC(C)=O. The minimum Gasteiger partial charge on any atom is -0.458 e. The molecule has 1 atom stereocenters. The lowest BCUT2D eigenvalue weighted by molar-refractivity contribution is -0.176. The predicted molar refractivity (Wildman–Crippen MR) is 76.2 cm³/mol. The number of ether oxygens (including phenoxy) is 3. The van der Waals surface area contributed by atoms with Gasteiger partial charge in [-0.1, -0.05) is 19.8 Å². The summed E-state index contributed by atoms with van der Waals surface area (Å²) in [5.74, 6) is -1.53. The first-order chi connectivity index (χ1) is 9.85. The Morgan fingerprint density at radius 1 is 0.857 bits per heavy atom. The number of carbonyl (C=O) groups excluding carboxylic acids is 3. The molecule has 0 heterocycles. The van der Waals surface area contributed by atoms with Crippen LogP contribution >= 0.6 is 0 Å². The van der Waals surface area contributed by atoms with Crippen molar-refractivity contribution in [2.75, 3.05) is 0 Å². The van der Waals surface area contributed by atoms with Gasteiger partial charge in [-0.15, -0.1) is 0 Å². The molecule has 0 aromatic heterocycles. The summed E-state index contributed by atoms with van der Waals surface area (Å²) in [7, 11) is 0. The third kappa shape index (κ3) is 11.7. The molecule has 0 rings (SSSR count). The first kappa shape index (κ1) is 19.1. The number of hydrogen-bond acceptors (Lipinski definition) is 6. The molecule has 0 aliphatic rings. The quantitative estimate of drug-likeness (QED) is 0.282. The highest BCUT2D eigenvalue weighted by molar-refractivity contribution is 5.68. The Labute approximate surface area is 125 Å². The number of unbranched alkanes of at least 4 members (excludes halogenated alkanes) is 2. The van der Waals surface area contributed by atoms with Gasteiger partial charge in [0.05, 0.1) is 0 Å². The zero-order valence-corrected chi connectivity index (χ0v) is 13.1. The average molecular weight is 300 g/mol. The van der Waals surface area contributed by atoms with Crippen molar-refractivity contribution in [2.45, 2.75) is 65.8 Å². The van der Waals surface area contributed by atoms with Gasteiger partial charge in [0.1, 0.15) is 6.10 Å². The lowest BCUT2D eigenvalue weighted by atomic mass is 10.1. The van der Waals surface area contributed by atoms with E-state index in [0.717, 1.165) is 19.3 Å². The van der Waals surface area contributed by atoms with Crippen LogP contribution in [0.5, 0.6) is 0 Å². The summed E-state index contributed by atoms with van der Waals surface area (Å²) < 4.78 is 14.8. The topological polar surface area (TPSA) is 78.9 Å². The monoisotopic (exact) mass is 300 g/mol. The molecule has 0 spiro atoms. The van der Waals surface area contributed by atoms with Crippen molar-refractivity contribution in [3.8, 4) is 0 Å². The summed E-state index contributed by atoms with van der Waals surface area (Å²) in [6.07, 6.45) is 5.10. The van der Waals surface area contributed by atoms with Gasteiger partial charge < -0.3 is 14.2 Å². The Balaban J connectivity index is 4.66. The van der Waals surface area contributed by atoms with Crippen molar-refractivity contribution >= 4 is 17.9 Å². The Bertz CT molecular complexity index is 358. The normalized spacial score (nSPS) is 12.2. The second kappa shape index (κ2) is 10.9. The maximum Gasteiger partial charge on any atom is 0.305 e. The molecule has 1 unspecified atom stereocenters. The van der Waals surface area contributed by atoms with Crippen molar-refractivity contribution in [2.24, 2.45) is 0 Å². The van der Waals surface area contributed by atoms with Gasteiger partial charge in [0.25, 0.3) is 6.29 Å². The van der Waals surface area contributed by atoms with Gasteiger partial charge in [-0.2, -0.15) is 0 Å². The second-order valence-corrected chi connectivity index (χ2v) is 4.62. The van der Waals surface area contributed by atoms with Gasteiger partial charge in [0.15, 0.2) is 0 Å². The fourth-order valence-electron chi connectivity index (χ4n) is 1.65. The van der Waals surface area contributed by atoms with Crippen LogP contribution in [-0.4, -0.2) is 30.3 Å². The molecule has 120 valence electrons. The standard InChI is InChI=1S/C15H24O6/c1-5-6-7-8-14(19-11(2)16)9-10-15(20-12(3)17)21-13(4)18/h9-10,14-15H,5-8H2,1-4H3/b10-9+. The van der Waals surface area contributed by atoms with E-state index in [-0.39, 0.29) is 0 Å². The van der Waals surface area contributed by atoms with Crippen molar-refractivity contribution in [3.05, 3.63) is 12.2 Å². The van der Waals surface area contributed by atoms with E-state index in [2.05, 4.69) is 6.92 Å². The molecule has 0 radical (unpaired) electrons. The van der Waals surface area contributed by atoms with Crippen LogP contribution in [0.3, 0.4) is 0 Å². The minimum atomic E-state index is -1.11. The maximum atomic E-state index is 11.1. The lowest BCUT2D eigenvalue weighted by Crippen LogP contribution is -2.21. The van der Waals surface area contributed by atoms with E-state index in [4.69, 9.17) is 14.2 Å². The average Bonchev–Trinajstić information content (AvgIpc) is 2.33. The first-order valence-corrected chi connectivity index (χ1v) is 7.05. The Morgan fingerprint density at radius 2 is 1.38 bits per heavy atom. The summed E-state index contributed by atoms with van der Waals surface area (Å²) in [4.78, 5) is 32.9.